The van der Waals surface area contributed by atoms with E-state index < -0.39 is 4.92 Å². The average Bonchev–Trinajstić information content (AvgIpc) is 2.37. The lowest BCUT2D eigenvalue weighted by atomic mass is 10.2. The number of aromatic nitrogens is 2. The molecule has 0 spiro atoms. The van der Waals surface area contributed by atoms with Crippen LogP contribution in [0.25, 0.3) is 0 Å². The number of anilines is 2. The van der Waals surface area contributed by atoms with Crippen LogP contribution in [-0.4, -0.2) is 28.5 Å². The van der Waals surface area contributed by atoms with Crippen LogP contribution in [0.4, 0.5) is 17.3 Å². The zero-order chi connectivity index (χ0) is 13.7. The summed E-state index contributed by atoms with van der Waals surface area (Å²) in [5, 5.41) is 19.7. The van der Waals surface area contributed by atoms with Gasteiger partial charge in [0, 0.05) is 13.6 Å². The highest BCUT2D eigenvalue weighted by molar-refractivity contribution is 5.69. The van der Waals surface area contributed by atoms with E-state index >= 15 is 0 Å². The molecule has 0 fully saturated rings. The molecule has 0 radical (unpaired) electrons. The summed E-state index contributed by atoms with van der Waals surface area (Å²) < 4.78 is 0. The minimum atomic E-state index is -0.613. The second-order valence-electron chi connectivity index (χ2n) is 3.71. The number of nitrogens with zero attached hydrogens (tertiary/aromatic N) is 5. The lowest BCUT2D eigenvalue weighted by Gasteiger charge is -2.19. The Morgan fingerprint density at radius 1 is 1.72 bits per heavy atom. The Kier molecular flexibility index (Phi) is 4.33. The first-order chi connectivity index (χ1) is 8.51. The number of nitriles is 1. The van der Waals surface area contributed by atoms with E-state index in [1.807, 2.05) is 6.07 Å². The van der Waals surface area contributed by atoms with Crippen LogP contribution in [0.1, 0.15) is 6.92 Å². The minimum absolute atomic E-state index is 0.0681. The van der Waals surface area contributed by atoms with Crippen molar-refractivity contribution in [3.63, 3.8) is 0 Å². The molecule has 0 saturated carbocycles. The second kappa shape index (κ2) is 5.74. The van der Waals surface area contributed by atoms with Gasteiger partial charge in [-0.2, -0.15) is 5.26 Å². The summed E-state index contributed by atoms with van der Waals surface area (Å²) in [4.78, 5) is 19.5. The fraction of sp³-hybridized carbons (Fsp3) is 0.444. The summed E-state index contributed by atoms with van der Waals surface area (Å²) in [6.45, 7) is 2.03. The largest absolute Gasteiger partial charge is 0.354 e. The Hall–Kier alpha value is -2.47. The molecule has 9 heteroatoms. The van der Waals surface area contributed by atoms with Crippen molar-refractivity contribution >= 4 is 17.3 Å². The van der Waals surface area contributed by atoms with E-state index in [-0.39, 0.29) is 23.2 Å². The maximum atomic E-state index is 11.0. The molecule has 1 unspecified atom stereocenters. The van der Waals surface area contributed by atoms with Crippen molar-refractivity contribution in [2.24, 2.45) is 11.8 Å². The number of nitrogens with two attached hydrogens (primary N) is 1. The number of nitrogen functional groups attached to an aromatic ring is 1. The molecule has 18 heavy (non-hydrogen) atoms. The molecule has 1 atom stereocenters. The van der Waals surface area contributed by atoms with E-state index in [0.29, 0.717) is 6.54 Å². The average molecular weight is 251 g/mol. The molecule has 0 bridgehead atoms. The summed E-state index contributed by atoms with van der Waals surface area (Å²) in [6.07, 6.45) is 1.17. The van der Waals surface area contributed by atoms with Crippen molar-refractivity contribution in [3.05, 3.63) is 16.4 Å². The van der Waals surface area contributed by atoms with Gasteiger partial charge in [-0.3, -0.25) is 10.1 Å². The zero-order valence-electron chi connectivity index (χ0n) is 9.99. The van der Waals surface area contributed by atoms with Gasteiger partial charge in [0.2, 0.25) is 11.6 Å². The molecule has 3 N–H and O–H groups in total. The van der Waals surface area contributed by atoms with Crippen LogP contribution < -0.4 is 16.2 Å². The summed E-state index contributed by atoms with van der Waals surface area (Å²) in [5.74, 6) is 4.94. The third-order valence-corrected chi connectivity index (χ3v) is 2.25. The van der Waals surface area contributed by atoms with Gasteiger partial charge in [0.05, 0.1) is 16.9 Å². The Morgan fingerprint density at radius 2 is 2.39 bits per heavy atom. The number of rotatable bonds is 5. The van der Waals surface area contributed by atoms with Gasteiger partial charge in [0.25, 0.3) is 0 Å². The predicted octanol–water partition coefficient (Wildman–Crippen LogP) is 0.266. The maximum Gasteiger partial charge on any atom is 0.354 e. The lowest BCUT2D eigenvalue weighted by molar-refractivity contribution is -0.383. The van der Waals surface area contributed by atoms with Crippen molar-refractivity contribution in [1.82, 2.24) is 9.97 Å². The van der Waals surface area contributed by atoms with Gasteiger partial charge >= 0.3 is 5.69 Å². The summed E-state index contributed by atoms with van der Waals surface area (Å²) in [7, 11) is 1.61. The topological polar surface area (TPSA) is 134 Å². The van der Waals surface area contributed by atoms with Crippen molar-refractivity contribution in [2.45, 2.75) is 6.92 Å². The molecule has 9 nitrogen and oxygen atoms in total. The monoisotopic (exact) mass is 251 g/mol. The molecule has 1 rings (SSSR count). The first-order valence-electron chi connectivity index (χ1n) is 5.08. The number of nitro groups is 1. The van der Waals surface area contributed by atoms with Gasteiger partial charge < -0.3 is 10.3 Å². The van der Waals surface area contributed by atoms with Gasteiger partial charge in [-0.25, -0.2) is 15.8 Å². The number of hydrogen-bond donors (Lipinski definition) is 2. The number of nitrogens with one attached hydrogen (secondary N) is 1. The van der Waals surface area contributed by atoms with Gasteiger partial charge in [-0.1, -0.05) is 0 Å². The summed E-state index contributed by atoms with van der Waals surface area (Å²) in [5.41, 5.74) is 1.84. The van der Waals surface area contributed by atoms with Crippen LogP contribution in [0.15, 0.2) is 6.33 Å². The predicted molar refractivity (Wildman–Crippen MR) is 64.5 cm³/mol. The van der Waals surface area contributed by atoms with Crippen LogP contribution in [0.2, 0.25) is 0 Å². The fourth-order valence-corrected chi connectivity index (χ4v) is 1.46. The molecule has 1 aromatic rings. The molecular weight excluding hydrogens is 238 g/mol. The molecule has 0 amide bonds. The zero-order valence-corrected chi connectivity index (χ0v) is 9.99. The van der Waals surface area contributed by atoms with E-state index in [2.05, 4.69) is 15.4 Å². The van der Waals surface area contributed by atoms with E-state index in [9.17, 15) is 10.1 Å². The number of hydrazine groups is 1. The molecule has 0 aliphatic rings. The SMILES string of the molecule is CC(C#N)CN(C)c1ncnc(NN)c1[N+](=O)[O-]. The molecule has 0 aromatic carbocycles. The summed E-state index contributed by atoms with van der Waals surface area (Å²) >= 11 is 0. The maximum absolute atomic E-state index is 11.0. The molecule has 0 aliphatic carbocycles. The van der Waals surface area contributed by atoms with Crippen LogP contribution in [0, 0.1) is 27.4 Å². The quantitative estimate of drug-likeness (QED) is 0.432. The fourth-order valence-electron chi connectivity index (χ4n) is 1.46. The van der Waals surface area contributed by atoms with Crippen molar-refractivity contribution in [2.75, 3.05) is 23.9 Å². The minimum Gasteiger partial charge on any atom is -0.352 e. The molecule has 1 aromatic heterocycles. The van der Waals surface area contributed by atoms with Crippen LogP contribution >= 0.6 is 0 Å². The van der Waals surface area contributed by atoms with Crippen LogP contribution in [0.3, 0.4) is 0 Å². The van der Waals surface area contributed by atoms with Crippen molar-refractivity contribution in [1.29, 1.82) is 5.26 Å². The smallest absolute Gasteiger partial charge is 0.352 e. The molecule has 96 valence electrons. The van der Waals surface area contributed by atoms with E-state index in [1.165, 1.54) is 11.2 Å². The Morgan fingerprint density at radius 3 is 2.89 bits per heavy atom. The highest BCUT2D eigenvalue weighted by Gasteiger charge is 2.25. The Labute approximate surface area is 103 Å². The summed E-state index contributed by atoms with van der Waals surface area (Å²) in [6, 6.07) is 2.05. The van der Waals surface area contributed by atoms with Crippen LogP contribution in [-0.2, 0) is 0 Å². The lowest BCUT2D eigenvalue weighted by Crippen LogP contribution is -2.26. The van der Waals surface area contributed by atoms with E-state index in [4.69, 9.17) is 11.1 Å². The third kappa shape index (κ3) is 2.80. The molecule has 1 heterocycles. The molecule has 0 aliphatic heterocycles. The first-order valence-corrected chi connectivity index (χ1v) is 5.08. The second-order valence-corrected chi connectivity index (χ2v) is 3.71. The van der Waals surface area contributed by atoms with Gasteiger partial charge in [-0.05, 0) is 6.92 Å². The normalized spacial score (nSPS) is 11.4. The van der Waals surface area contributed by atoms with Gasteiger partial charge in [-0.15, -0.1) is 0 Å². The molecular formula is C9H13N7O2. The Bertz CT molecular complexity index is 484. The number of hydrogen-bond acceptors (Lipinski definition) is 8. The van der Waals surface area contributed by atoms with Crippen LogP contribution in [0.5, 0.6) is 0 Å². The van der Waals surface area contributed by atoms with Gasteiger partial charge in [0.1, 0.15) is 6.33 Å². The third-order valence-electron chi connectivity index (χ3n) is 2.25. The van der Waals surface area contributed by atoms with Crippen molar-refractivity contribution < 1.29 is 4.92 Å². The standard InChI is InChI=1S/C9H13N7O2/c1-6(3-10)4-15(2)9-7(16(17)18)8(14-11)12-5-13-9/h5-6H,4,11H2,1-2H3,(H,12,13,14). The first kappa shape index (κ1) is 13.6. The highest BCUT2D eigenvalue weighted by atomic mass is 16.6. The molecule has 0 saturated heterocycles. The van der Waals surface area contributed by atoms with Crippen molar-refractivity contribution in [3.8, 4) is 6.07 Å². The highest BCUT2D eigenvalue weighted by Crippen LogP contribution is 2.30. The van der Waals surface area contributed by atoms with E-state index in [1.54, 1.807) is 14.0 Å². The Balaban J connectivity index is 3.16. The van der Waals surface area contributed by atoms with Gasteiger partial charge in [0.15, 0.2) is 0 Å². The van der Waals surface area contributed by atoms with E-state index in [0.717, 1.165) is 0 Å².